The van der Waals surface area contributed by atoms with Crippen molar-refractivity contribution in [3.63, 3.8) is 0 Å². The van der Waals surface area contributed by atoms with Crippen molar-refractivity contribution in [3.05, 3.63) is 29.6 Å². The van der Waals surface area contributed by atoms with E-state index in [9.17, 15) is 9.90 Å². The van der Waals surface area contributed by atoms with Gasteiger partial charge in [-0.25, -0.2) is 9.97 Å². The van der Waals surface area contributed by atoms with Crippen molar-refractivity contribution in [2.75, 3.05) is 31.7 Å². The number of nitrogens with zero attached hydrogens (tertiary/aromatic N) is 4. The molecule has 3 heterocycles. The molecule has 2 aliphatic rings. The third-order valence-electron chi connectivity index (χ3n) is 6.39. The highest BCUT2D eigenvalue weighted by atomic mass is 16.7. The first-order chi connectivity index (χ1) is 17.9. The first-order valence-corrected chi connectivity index (χ1v) is 13.4. The number of ether oxygens (including phenoxy) is 3. The molecule has 208 valence electrons. The lowest BCUT2D eigenvalue weighted by molar-refractivity contribution is -0.221. The Labute approximate surface area is 225 Å². The van der Waals surface area contributed by atoms with E-state index < -0.39 is 11.7 Å². The topological polar surface area (TPSA) is 119 Å². The van der Waals surface area contributed by atoms with Crippen LogP contribution in [-0.2, 0) is 20.7 Å². The van der Waals surface area contributed by atoms with Crippen LogP contribution < -0.4 is 15.0 Å². The second kappa shape index (κ2) is 11.5. The summed E-state index contributed by atoms with van der Waals surface area (Å²) in [6.45, 7) is 11.0. The predicted octanol–water partition coefficient (Wildman–Crippen LogP) is 3.57. The summed E-state index contributed by atoms with van der Waals surface area (Å²) in [7, 11) is 1.82. The lowest BCUT2D eigenvalue weighted by Gasteiger charge is -2.32. The van der Waals surface area contributed by atoms with Crippen LogP contribution in [0.15, 0.2) is 18.3 Å². The summed E-state index contributed by atoms with van der Waals surface area (Å²) in [6.07, 6.45) is 5.04. The van der Waals surface area contributed by atoms with Crippen molar-refractivity contribution in [1.82, 2.24) is 20.3 Å². The number of aliphatic hydroxyl groups excluding tert-OH is 1. The molecule has 2 atom stereocenters. The SMILES string of the molecule is CN(CC(=O)NC(C)(C)C)c1nc(-c2cc(OCC(C)(C)OC3CCCCO3)ccn2)nc2c1CCC2O. The lowest BCUT2D eigenvalue weighted by atomic mass is 10.1. The number of rotatable bonds is 9. The van der Waals surface area contributed by atoms with Gasteiger partial charge in [0.2, 0.25) is 5.91 Å². The number of nitrogens with one attached hydrogen (secondary N) is 1. The molecule has 0 aromatic carbocycles. The van der Waals surface area contributed by atoms with Crippen molar-refractivity contribution in [2.24, 2.45) is 0 Å². The van der Waals surface area contributed by atoms with Crippen LogP contribution in [0, 0.1) is 0 Å². The molecule has 10 nitrogen and oxygen atoms in total. The number of carbonyl (C=O) groups excluding carboxylic acids is 1. The van der Waals surface area contributed by atoms with Crippen molar-refractivity contribution >= 4 is 11.7 Å². The molecule has 0 spiro atoms. The number of aliphatic hydroxyl groups is 1. The molecule has 38 heavy (non-hydrogen) atoms. The zero-order valence-electron chi connectivity index (χ0n) is 23.4. The molecule has 1 fully saturated rings. The first-order valence-electron chi connectivity index (χ1n) is 13.4. The molecule has 2 N–H and O–H groups in total. The summed E-state index contributed by atoms with van der Waals surface area (Å²) < 4.78 is 17.9. The summed E-state index contributed by atoms with van der Waals surface area (Å²) in [5, 5.41) is 13.6. The number of amides is 1. The van der Waals surface area contributed by atoms with Crippen LogP contribution in [0.25, 0.3) is 11.5 Å². The maximum Gasteiger partial charge on any atom is 0.239 e. The maximum absolute atomic E-state index is 12.6. The molecule has 4 rings (SSSR count). The minimum absolute atomic E-state index is 0.107. The van der Waals surface area contributed by atoms with Gasteiger partial charge in [0, 0.05) is 37.0 Å². The second-order valence-corrected chi connectivity index (χ2v) is 11.8. The van der Waals surface area contributed by atoms with Crippen LogP contribution in [0.3, 0.4) is 0 Å². The normalized spacial score (nSPS) is 19.7. The van der Waals surface area contributed by atoms with E-state index in [4.69, 9.17) is 19.2 Å². The number of carbonyl (C=O) groups is 1. The molecule has 1 saturated heterocycles. The molecule has 2 unspecified atom stereocenters. The molecular weight excluding hydrogens is 486 g/mol. The van der Waals surface area contributed by atoms with Crippen molar-refractivity contribution in [2.45, 2.75) is 90.3 Å². The third-order valence-corrected chi connectivity index (χ3v) is 6.39. The minimum atomic E-state index is -0.679. The van der Waals surface area contributed by atoms with E-state index in [1.54, 1.807) is 23.2 Å². The summed E-state index contributed by atoms with van der Waals surface area (Å²) in [6, 6.07) is 3.56. The molecule has 2 aromatic heterocycles. The molecular formula is C28H41N5O5. The van der Waals surface area contributed by atoms with Gasteiger partial charge in [-0.1, -0.05) is 0 Å². The van der Waals surface area contributed by atoms with E-state index in [-0.39, 0.29) is 24.3 Å². The van der Waals surface area contributed by atoms with Crippen LogP contribution in [0.2, 0.25) is 0 Å². The zero-order valence-corrected chi connectivity index (χ0v) is 23.4. The number of fused-ring (bicyclic) bond motifs is 1. The molecule has 1 aliphatic carbocycles. The largest absolute Gasteiger partial charge is 0.490 e. The fourth-order valence-corrected chi connectivity index (χ4v) is 4.67. The summed E-state index contributed by atoms with van der Waals surface area (Å²) >= 11 is 0. The van der Waals surface area contributed by atoms with E-state index in [0.717, 1.165) is 31.4 Å². The van der Waals surface area contributed by atoms with Gasteiger partial charge >= 0.3 is 0 Å². The average molecular weight is 528 g/mol. The molecule has 1 aliphatic heterocycles. The van der Waals surface area contributed by atoms with Crippen LogP contribution in [0.5, 0.6) is 5.75 Å². The molecule has 0 saturated carbocycles. The summed E-state index contributed by atoms with van der Waals surface area (Å²) in [5.41, 5.74) is 1.10. The molecule has 0 bridgehead atoms. The van der Waals surface area contributed by atoms with Gasteiger partial charge < -0.3 is 29.5 Å². The number of pyridine rings is 1. The molecule has 1 amide bonds. The van der Waals surface area contributed by atoms with Gasteiger partial charge in [-0.05, 0) is 72.8 Å². The number of hydrogen-bond acceptors (Lipinski definition) is 9. The van der Waals surface area contributed by atoms with Crippen molar-refractivity contribution in [3.8, 4) is 17.3 Å². The smallest absolute Gasteiger partial charge is 0.239 e. The third kappa shape index (κ3) is 7.39. The van der Waals surface area contributed by atoms with Gasteiger partial charge in [-0.15, -0.1) is 0 Å². The zero-order chi connectivity index (χ0) is 27.5. The Morgan fingerprint density at radius 2 is 2.00 bits per heavy atom. The fourth-order valence-electron chi connectivity index (χ4n) is 4.67. The van der Waals surface area contributed by atoms with Crippen LogP contribution in [-0.4, -0.2) is 70.2 Å². The van der Waals surface area contributed by atoms with E-state index in [1.807, 2.05) is 41.7 Å². The van der Waals surface area contributed by atoms with E-state index in [1.165, 1.54) is 0 Å². The fraction of sp³-hybridized carbons (Fsp3) is 0.643. The van der Waals surface area contributed by atoms with Gasteiger partial charge in [-0.2, -0.15) is 0 Å². The predicted molar refractivity (Wildman–Crippen MR) is 144 cm³/mol. The lowest BCUT2D eigenvalue weighted by Crippen LogP contribution is -2.45. The van der Waals surface area contributed by atoms with Gasteiger partial charge in [0.15, 0.2) is 12.1 Å². The van der Waals surface area contributed by atoms with Crippen molar-refractivity contribution < 1.29 is 24.1 Å². The van der Waals surface area contributed by atoms with Crippen LogP contribution >= 0.6 is 0 Å². The monoisotopic (exact) mass is 527 g/mol. The maximum atomic E-state index is 12.6. The second-order valence-electron chi connectivity index (χ2n) is 11.8. The van der Waals surface area contributed by atoms with E-state index in [0.29, 0.717) is 48.2 Å². The number of likely N-dealkylation sites (N-methyl/N-ethyl adjacent to an activating group) is 1. The molecule has 10 heteroatoms. The highest BCUT2D eigenvalue weighted by molar-refractivity contribution is 5.82. The summed E-state index contributed by atoms with van der Waals surface area (Å²) in [5.74, 6) is 1.50. The first kappa shape index (κ1) is 28.2. The van der Waals surface area contributed by atoms with E-state index in [2.05, 4.69) is 15.3 Å². The number of aromatic nitrogens is 3. The quantitative estimate of drug-likeness (QED) is 0.504. The minimum Gasteiger partial charge on any atom is -0.490 e. The van der Waals surface area contributed by atoms with Gasteiger partial charge in [0.1, 0.15) is 23.9 Å². The van der Waals surface area contributed by atoms with Crippen molar-refractivity contribution in [1.29, 1.82) is 0 Å². The Morgan fingerprint density at radius 3 is 2.71 bits per heavy atom. The van der Waals surface area contributed by atoms with E-state index >= 15 is 0 Å². The Kier molecular flexibility index (Phi) is 8.54. The summed E-state index contributed by atoms with van der Waals surface area (Å²) in [4.78, 5) is 28.3. The van der Waals surface area contributed by atoms with Gasteiger partial charge in [0.05, 0.1) is 23.9 Å². The van der Waals surface area contributed by atoms with Crippen LogP contribution in [0.4, 0.5) is 5.82 Å². The highest BCUT2D eigenvalue weighted by Crippen LogP contribution is 2.36. The molecule has 2 aromatic rings. The Bertz CT molecular complexity index is 1130. The van der Waals surface area contributed by atoms with Gasteiger partial charge in [0.25, 0.3) is 0 Å². The standard InChI is InChI=1S/C28H41N5O5/c1-27(2,3)32-22(35)16-33(6)26-19-10-11-21(34)24(19)30-25(31-26)20-15-18(12-13-29-20)37-17-28(4,5)38-23-9-7-8-14-36-23/h12-13,15,21,23,34H,7-11,14,16-17H2,1-6H3,(H,32,35). The highest BCUT2D eigenvalue weighted by Gasteiger charge is 2.30. The van der Waals surface area contributed by atoms with Crippen LogP contribution in [0.1, 0.15) is 77.7 Å². The number of hydrogen-bond donors (Lipinski definition) is 2. The average Bonchev–Trinajstić information content (AvgIpc) is 3.22. The Morgan fingerprint density at radius 1 is 1.21 bits per heavy atom. The van der Waals surface area contributed by atoms with Gasteiger partial charge in [-0.3, -0.25) is 9.78 Å². The number of anilines is 1. The Hall–Kier alpha value is -2.82. The molecule has 0 radical (unpaired) electrons. The Balaban J connectivity index is 1.52.